The van der Waals surface area contributed by atoms with Crippen molar-refractivity contribution in [3.63, 3.8) is 0 Å². The van der Waals surface area contributed by atoms with Gasteiger partial charge in [-0.05, 0) is 42.0 Å². The molecular weight excluding hydrogens is 338 g/mol. The van der Waals surface area contributed by atoms with Gasteiger partial charge in [0.1, 0.15) is 12.4 Å². The average Bonchev–Trinajstić information content (AvgIpc) is 2.95. The van der Waals surface area contributed by atoms with Crippen molar-refractivity contribution in [2.75, 3.05) is 18.1 Å². The lowest BCUT2D eigenvalue weighted by molar-refractivity contribution is 0.0950. The highest BCUT2D eigenvalue weighted by atomic mass is 16.5. The van der Waals surface area contributed by atoms with E-state index < -0.39 is 0 Å². The predicted molar refractivity (Wildman–Crippen MR) is 105 cm³/mol. The molecule has 1 aliphatic heterocycles. The summed E-state index contributed by atoms with van der Waals surface area (Å²) in [6.45, 7) is 2.63. The number of nitrogens with one attached hydrogen (secondary N) is 1. The SMILES string of the molecule is O=C(NCc1ccncc1)c1ccc2c(c1)OCCN(c1ccccc1)C2. The van der Waals surface area contributed by atoms with Gasteiger partial charge in [-0.3, -0.25) is 9.78 Å². The third-order valence-corrected chi connectivity index (χ3v) is 4.63. The lowest BCUT2D eigenvalue weighted by Crippen LogP contribution is -2.25. The van der Waals surface area contributed by atoms with Crippen molar-refractivity contribution < 1.29 is 9.53 Å². The van der Waals surface area contributed by atoms with E-state index in [9.17, 15) is 4.79 Å². The zero-order chi connectivity index (χ0) is 18.5. The normalized spacial score (nSPS) is 13.3. The molecule has 0 saturated heterocycles. The highest BCUT2D eigenvalue weighted by molar-refractivity contribution is 5.94. The Labute approximate surface area is 158 Å². The second-order valence-electron chi connectivity index (χ2n) is 6.47. The summed E-state index contributed by atoms with van der Waals surface area (Å²) in [5.41, 5.74) is 3.88. The number of amides is 1. The van der Waals surface area contributed by atoms with Crippen LogP contribution in [0.2, 0.25) is 0 Å². The summed E-state index contributed by atoms with van der Waals surface area (Å²) in [6.07, 6.45) is 3.44. The monoisotopic (exact) mass is 359 g/mol. The molecule has 5 heteroatoms. The third kappa shape index (κ3) is 4.08. The molecule has 5 nitrogen and oxygen atoms in total. The van der Waals surface area contributed by atoms with E-state index in [4.69, 9.17) is 4.74 Å². The maximum absolute atomic E-state index is 12.5. The zero-order valence-electron chi connectivity index (χ0n) is 15.0. The van der Waals surface area contributed by atoms with E-state index in [-0.39, 0.29) is 5.91 Å². The van der Waals surface area contributed by atoms with Crippen LogP contribution in [0, 0.1) is 0 Å². The Balaban J connectivity index is 1.47. The second-order valence-corrected chi connectivity index (χ2v) is 6.47. The van der Waals surface area contributed by atoms with Crippen molar-refractivity contribution in [2.24, 2.45) is 0 Å². The van der Waals surface area contributed by atoms with Gasteiger partial charge in [0.15, 0.2) is 0 Å². The van der Waals surface area contributed by atoms with Gasteiger partial charge in [0.25, 0.3) is 5.91 Å². The second kappa shape index (κ2) is 7.91. The van der Waals surface area contributed by atoms with Gasteiger partial charge >= 0.3 is 0 Å². The van der Waals surface area contributed by atoms with Gasteiger partial charge in [-0.1, -0.05) is 24.3 Å². The fourth-order valence-electron chi connectivity index (χ4n) is 3.16. The van der Waals surface area contributed by atoms with Crippen molar-refractivity contribution in [2.45, 2.75) is 13.1 Å². The summed E-state index contributed by atoms with van der Waals surface area (Å²) in [5, 5.41) is 2.94. The lowest BCUT2D eigenvalue weighted by Gasteiger charge is -2.21. The van der Waals surface area contributed by atoms with Crippen LogP contribution in [0.25, 0.3) is 0 Å². The number of rotatable bonds is 4. The molecule has 0 saturated carbocycles. The molecule has 4 rings (SSSR count). The molecule has 0 fully saturated rings. The molecule has 0 unspecified atom stereocenters. The fourth-order valence-corrected chi connectivity index (χ4v) is 3.16. The Morgan fingerprint density at radius 3 is 2.70 bits per heavy atom. The van der Waals surface area contributed by atoms with Gasteiger partial charge < -0.3 is 15.0 Å². The molecule has 1 aromatic heterocycles. The number of ether oxygens (including phenoxy) is 1. The number of carbonyl (C=O) groups excluding carboxylic acids is 1. The average molecular weight is 359 g/mol. The number of para-hydroxylation sites is 1. The maximum atomic E-state index is 12.5. The number of anilines is 1. The van der Waals surface area contributed by atoms with Crippen molar-refractivity contribution >= 4 is 11.6 Å². The van der Waals surface area contributed by atoms with Crippen LogP contribution in [-0.2, 0) is 13.1 Å². The number of hydrogen-bond acceptors (Lipinski definition) is 4. The zero-order valence-corrected chi connectivity index (χ0v) is 15.0. The van der Waals surface area contributed by atoms with Gasteiger partial charge in [-0.25, -0.2) is 0 Å². The molecule has 1 aliphatic rings. The molecular formula is C22H21N3O2. The van der Waals surface area contributed by atoms with Gasteiger partial charge in [-0.15, -0.1) is 0 Å². The van der Waals surface area contributed by atoms with E-state index in [2.05, 4.69) is 27.3 Å². The molecule has 3 aromatic rings. The molecule has 2 aromatic carbocycles. The van der Waals surface area contributed by atoms with E-state index >= 15 is 0 Å². The molecule has 136 valence electrons. The molecule has 1 amide bonds. The van der Waals surface area contributed by atoms with Crippen LogP contribution in [0.4, 0.5) is 5.69 Å². The summed E-state index contributed by atoms with van der Waals surface area (Å²) >= 11 is 0. The molecule has 0 aliphatic carbocycles. The van der Waals surface area contributed by atoms with Crippen LogP contribution >= 0.6 is 0 Å². The van der Waals surface area contributed by atoms with Crippen LogP contribution in [0.1, 0.15) is 21.5 Å². The minimum Gasteiger partial charge on any atom is -0.491 e. The Hall–Kier alpha value is -3.34. The van der Waals surface area contributed by atoms with Crippen molar-refractivity contribution in [3.05, 3.63) is 89.7 Å². The topological polar surface area (TPSA) is 54.5 Å². The van der Waals surface area contributed by atoms with Gasteiger partial charge in [0.05, 0.1) is 6.54 Å². The van der Waals surface area contributed by atoms with Crippen molar-refractivity contribution in [3.8, 4) is 5.75 Å². The molecule has 27 heavy (non-hydrogen) atoms. The summed E-state index contributed by atoms with van der Waals surface area (Å²) in [4.78, 5) is 18.8. The Morgan fingerprint density at radius 1 is 1.07 bits per heavy atom. The number of nitrogens with zero attached hydrogens (tertiary/aromatic N) is 2. The van der Waals surface area contributed by atoms with Crippen LogP contribution in [-0.4, -0.2) is 24.0 Å². The Bertz CT molecular complexity index is 913. The molecule has 1 N–H and O–H groups in total. The van der Waals surface area contributed by atoms with Crippen molar-refractivity contribution in [1.29, 1.82) is 0 Å². The van der Waals surface area contributed by atoms with Crippen LogP contribution in [0.15, 0.2) is 73.1 Å². The number of aromatic nitrogens is 1. The summed E-state index contributed by atoms with van der Waals surface area (Å²) in [5.74, 6) is 0.673. The first kappa shape index (κ1) is 17.1. The number of pyridine rings is 1. The Kier molecular flexibility index (Phi) is 5.01. The minimum atomic E-state index is -0.109. The molecule has 2 heterocycles. The quantitative estimate of drug-likeness (QED) is 0.776. The highest BCUT2D eigenvalue weighted by Gasteiger charge is 2.17. The largest absolute Gasteiger partial charge is 0.491 e. The standard InChI is InChI=1S/C22H21N3O2/c26-22(24-15-17-8-10-23-11-9-17)18-6-7-19-16-25(12-13-27-21(19)14-18)20-4-2-1-3-5-20/h1-11,14H,12-13,15-16H2,(H,24,26). The van der Waals surface area contributed by atoms with Crippen LogP contribution in [0.3, 0.4) is 0 Å². The fraction of sp³-hybridized carbons (Fsp3) is 0.182. The summed E-state index contributed by atoms with van der Waals surface area (Å²) in [6, 6.07) is 19.8. The Morgan fingerprint density at radius 2 is 1.89 bits per heavy atom. The molecule has 0 radical (unpaired) electrons. The number of fused-ring (bicyclic) bond motifs is 1. The molecule has 0 atom stereocenters. The number of benzene rings is 2. The van der Waals surface area contributed by atoms with Gasteiger partial charge in [-0.2, -0.15) is 0 Å². The van der Waals surface area contributed by atoms with Crippen molar-refractivity contribution in [1.82, 2.24) is 10.3 Å². The first-order valence-corrected chi connectivity index (χ1v) is 9.02. The van der Waals surface area contributed by atoms with Crippen LogP contribution in [0.5, 0.6) is 5.75 Å². The summed E-state index contributed by atoms with van der Waals surface area (Å²) < 4.78 is 5.92. The highest BCUT2D eigenvalue weighted by Crippen LogP contribution is 2.27. The minimum absolute atomic E-state index is 0.109. The predicted octanol–water partition coefficient (Wildman–Crippen LogP) is 3.41. The third-order valence-electron chi connectivity index (χ3n) is 4.63. The molecule has 0 bridgehead atoms. The maximum Gasteiger partial charge on any atom is 0.251 e. The first-order chi connectivity index (χ1) is 13.3. The smallest absolute Gasteiger partial charge is 0.251 e. The number of carbonyl (C=O) groups is 1. The first-order valence-electron chi connectivity index (χ1n) is 9.02. The number of hydrogen-bond donors (Lipinski definition) is 1. The van der Waals surface area contributed by atoms with Gasteiger partial charge in [0.2, 0.25) is 0 Å². The van der Waals surface area contributed by atoms with Gasteiger partial charge in [0, 0.05) is 42.3 Å². The van der Waals surface area contributed by atoms with E-state index in [0.717, 1.165) is 30.0 Å². The summed E-state index contributed by atoms with van der Waals surface area (Å²) in [7, 11) is 0. The molecule has 0 spiro atoms. The van der Waals surface area contributed by atoms with E-state index in [1.165, 1.54) is 5.69 Å². The van der Waals surface area contributed by atoms with E-state index in [1.54, 1.807) is 12.4 Å². The lowest BCUT2D eigenvalue weighted by atomic mass is 10.1. The van der Waals surface area contributed by atoms with E-state index in [1.807, 2.05) is 48.5 Å². The van der Waals surface area contributed by atoms with E-state index in [0.29, 0.717) is 18.7 Å². The van der Waals surface area contributed by atoms with Crippen LogP contribution < -0.4 is 15.0 Å².